The molecular weight excluding hydrogens is 232 g/mol. The van der Waals surface area contributed by atoms with E-state index in [9.17, 15) is 0 Å². The second-order valence-corrected chi connectivity index (χ2v) is 4.39. The molecule has 0 radical (unpaired) electrons. The van der Waals surface area contributed by atoms with E-state index in [0.29, 0.717) is 17.7 Å². The van der Waals surface area contributed by atoms with Crippen LogP contribution in [-0.4, -0.2) is 39.7 Å². The van der Waals surface area contributed by atoms with Crippen molar-refractivity contribution < 1.29 is 0 Å². The van der Waals surface area contributed by atoms with Crippen molar-refractivity contribution in [1.29, 1.82) is 0 Å². The summed E-state index contributed by atoms with van der Waals surface area (Å²) in [7, 11) is 0. The summed E-state index contributed by atoms with van der Waals surface area (Å²) in [5.74, 6) is 1.30. The minimum Gasteiger partial charge on any atom is -0.312 e. The highest BCUT2D eigenvalue weighted by Crippen LogP contribution is 2.36. The summed E-state index contributed by atoms with van der Waals surface area (Å²) in [4.78, 5) is 12.9. The molecule has 0 spiro atoms. The highest BCUT2D eigenvalue weighted by Gasteiger charge is 2.26. The van der Waals surface area contributed by atoms with Gasteiger partial charge in [-0.1, -0.05) is 0 Å². The van der Waals surface area contributed by atoms with Gasteiger partial charge in [0.1, 0.15) is 6.33 Å². The van der Waals surface area contributed by atoms with E-state index < -0.39 is 0 Å². The van der Waals surface area contributed by atoms with Gasteiger partial charge in [0, 0.05) is 6.04 Å². The molecule has 0 saturated heterocycles. The van der Waals surface area contributed by atoms with E-state index in [1.165, 1.54) is 19.2 Å². The molecule has 0 bridgehead atoms. The van der Waals surface area contributed by atoms with E-state index in [1.54, 1.807) is 4.68 Å². The van der Waals surface area contributed by atoms with Crippen LogP contribution in [0.25, 0.3) is 17.0 Å². The molecule has 0 amide bonds. The van der Waals surface area contributed by atoms with Gasteiger partial charge in [0.2, 0.25) is 0 Å². The molecule has 1 fully saturated rings. The van der Waals surface area contributed by atoms with Gasteiger partial charge < -0.3 is 4.57 Å². The van der Waals surface area contributed by atoms with Crippen molar-refractivity contribution in [1.82, 2.24) is 39.7 Å². The normalized spacial score (nSPS) is 15.4. The molecule has 0 aromatic carbocycles. The van der Waals surface area contributed by atoms with Crippen molar-refractivity contribution in [3.05, 3.63) is 18.5 Å². The van der Waals surface area contributed by atoms with Gasteiger partial charge in [-0.3, -0.25) is 0 Å². The predicted molar refractivity (Wildman–Crippen MR) is 61.0 cm³/mol. The van der Waals surface area contributed by atoms with Crippen LogP contribution in [0, 0.1) is 6.92 Å². The average Bonchev–Trinajstić information content (AvgIpc) is 2.99. The van der Waals surface area contributed by atoms with Crippen LogP contribution in [0.15, 0.2) is 12.7 Å². The summed E-state index contributed by atoms with van der Waals surface area (Å²) < 4.78 is 3.68. The van der Waals surface area contributed by atoms with Crippen molar-refractivity contribution >= 4 is 11.2 Å². The monoisotopic (exact) mass is 242 g/mol. The fraction of sp³-hybridized carbons (Fsp3) is 0.400. The zero-order chi connectivity index (χ0) is 12.1. The number of rotatable bonds is 2. The Morgan fingerprint density at radius 2 is 2.11 bits per heavy atom. The van der Waals surface area contributed by atoms with Gasteiger partial charge in [-0.15, -0.1) is 5.10 Å². The fourth-order valence-electron chi connectivity index (χ4n) is 2.04. The van der Waals surface area contributed by atoms with Crippen LogP contribution in [0.3, 0.4) is 0 Å². The number of imidazole rings is 1. The first-order valence-electron chi connectivity index (χ1n) is 5.77. The summed E-state index contributed by atoms with van der Waals surface area (Å²) in [6, 6.07) is 0.535. The number of hydrogen-bond donors (Lipinski definition) is 0. The lowest BCUT2D eigenvalue weighted by Crippen LogP contribution is -2.04. The number of nitrogens with zero attached hydrogens (tertiary/aromatic N) is 8. The van der Waals surface area contributed by atoms with Crippen LogP contribution in [0.5, 0.6) is 0 Å². The third-order valence-corrected chi connectivity index (χ3v) is 3.11. The second-order valence-electron chi connectivity index (χ2n) is 4.39. The van der Waals surface area contributed by atoms with E-state index in [2.05, 4.69) is 35.0 Å². The lowest BCUT2D eigenvalue weighted by molar-refractivity contribution is 0.751. The number of fused-ring (bicyclic) bond motifs is 1. The van der Waals surface area contributed by atoms with Gasteiger partial charge in [0.15, 0.2) is 22.8 Å². The Labute approximate surface area is 102 Å². The quantitative estimate of drug-likeness (QED) is 0.648. The van der Waals surface area contributed by atoms with E-state index >= 15 is 0 Å². The fourth-order valence-corrected chi connectivity index (χ4v) is 2.04. The topological polar surface area (TPSA) is 87.2 Å². The molecule has 1 saturated carbocycles. The molecule has 0 unspecified atom stereocenters. The summed E-state index contributed by atoms with van der Waals surface area (Å²) in [5, 5.41) is 11.4. The summed E-state index contributed by atoms with van der Waals surface area (Å²) >= 11 is 0. The second kappa shape index (κ2) is 3.31. The zero-order valence-electron chi connectivity index (χ0n) is 9.72. The van der Waals surface area contributed by atoms with Gasteiger partial charge in [0.05, 0.1) is 6.33 Å². The Balaban J connectivity index is 1.99. The Kier molecular flexibility index (Phi) is 1.77. The Morgan fingerprint density at radius 3 is 2.83 bits per heavy atom. The highest BCUT2D eigenvalue weighted by molar-refractivity contribution is 5.78. The first-order chi connectivity index (χ1) is 8.84. The van der Waals surface area contributed by atoms with E-state index in [0.717, 1.165) is 11.2 Å². The third-order valence-electron chi connectivity index (χ3n) is 3.11. The highest BCUT2D eigenvalue weighted by atomic mass is 15.6. The van der Waals surface area contributed by atoms with Crippen LogP contribution >= 0.6 is 0 Å². The van der Waals surface area contributed by atoms with Crippen molar-refractivity contribution in [2.24, 2.45) is 0 Å². The Morgan fingerprint density at radius 1 is 1.22 bits per heavy atom. The molecule has 4 rings (SSSR count). The van der Waals surface area contributed by atoms with Crippen LogP contribution in [-0.2, 0) is 0 Å². The van der Waals surface area contributed by atoms with Gasteiger partial charge in [0.25, 0.3) is 0 Å². The molecule has 3 heterocycles. The molecule has 1 aliphatic rings. The lowest BCUT2D eigenvalue weighted by atomic mass is 10.4. The van der Waals surface area contributed by atoms with Crippen LogP contribution < -0.4 is 0 Å². The van der Waals surface area contributed by atoms with Crippen molar-refractivity contribution in [2.75, 3.05) is 0 Å². The van der Waals surface area contributed by atoms with Crippen LogP contribution in [0.1, 0.15) is 24.7 Å². The standard InChI is InChI=1S/C10H10N8/c1-6-14-15-16-18(6)10-8-9(11-4-12-10)17(5-13-8)7-2-3-7/h4-5,7H,2-3H2,1H3. The average molecular weight is 242 g/mol. The lowest BCUT2D eigenvalue weighted by Gasteiger charge is -2.02. The Hall–Kier alpha value is -2.38. The van der Waals surface area contributed by atoms with Gasteiger partial charge >= 0.3 is 0 Å². The maximum atomic E-state index is 4.40. The van der Waals surface area contributed by atoms with Gasteiger partial charge in [-0.2, -0.15) is 4.68 Å². The molecule has 3 aromatic heterocycles. The minimum atomic E-state index is 0.535. The SMILES string of the molecule is Cc1nnnn1-c1ncnc2c1ncn2C1CC1. The number of aryl methyl sites for hydroxylation is 1. The van der Waals surface area contributed by atoms with Crippen molar-refractivity contribution in [2.45, 2.75) is 25.8 Å². The molecule has 8 heteroatoms. The van der Waals surface area contributed by atoms with Crippen molar-refractivity contribution in [3.63, 3.8) is 0 Å². The molecule has 0 N–H and O–H groups in total. The molecule has 18 heavy (non-hydrogen) atoms. The third kappa shape index (κ3) is 1.25. The first kappa shape index (κ1) is 9.63. The van der Waals surface area contributed by atoms with Gasteiger partial charge in [-0.25, -0.2) is 15.0 Å². The summed E-state index contributed by atoms with van der Waals surface area (Å²) in [6.07, 6.45) is 5.73. The predicted octanol–water partition coefficient (Wildman–Crippen LogP) is 0.445. The number of aromatic nitrogens is 8. The molecule has 1 aliphatic carbocycles. The van der Waals surface area contributed by atoms with Crippen molar-refractivity contribution in [3.8, 4) is 5.82 Å². The maximum absolute atomic E-state index is 4.40. The van der Waals surface area contributed by atoms with E-state index in [-0.39, 0.29) is 0 Å². The van der Waals surface area contributed by atoms with Crippen LogP contribution in [0.2, 0.25) is 0 Å². The molecule has 8 nitrogen and oxygen atoms in total. The molecule has 90 valence electrons. The number of tetrazole rings is 1. The van der Waals surface area contributed by atoms with E-state index in [4.69, 9.17) is 0 Å². The molecular formula is C10H10N8. The summed E-state index contributed by atoms with van der Waals surface area (Å²) in [5.41, 5.74) is 1.58. The maximum Gasteiger partial charge on any atom is 0.188 e. The number of hydrogen-bond acceptors (Lipinski definition) is 6. The largest absolute Gasteiger partial charge is 0.312 e. The van der Waals surface area contributed by atoms with E-state index in [1.807, 2.05) is 13.3 Å². The zero-order valence-corrected chi connectivity index (χ0v) is 9.72. The van der Waals surface area contributed by atoms with Gasteiger partial charge in [-0.05, 0) is 30.2 Å². The molecule has 0 atom stereocenters. The molecule has 3 aromatic rings. The Bertz CT molecular complexity index is 722. The smallest absolute Gasteiger partial charge is 0.188 e. The first-order valence-corrected chi connectivity index (χ1v) is 5.77. The summed E-state index contributed by atoms with van der Waals surface area (Å²) in [6.45, 7) is 1.83. The van der Waals surface area contributed by atoms with Crippen LogP contribution in [0.4, 0.5) is 0 Å². The minimum absolute atomic E-state index is 0.535. The molecule has 0 aliphatic heterocycles.